The molecule has 0 unspecified atom stereocenters. The molecule has 4 nitrogen and oxygen atoms in total. The van der Waals surface area contributed by atoms with Gasteiger partial charge in [0.1, 0.15) is 0 Å². The molecule has 0 aliphatic heterocycles. The average molecular weight is 174 g/mol. The molecule has 2 aromatic rings. The highest BCUT2D eigenvalue weighted by Gasteiger charge is 2.03. The number of rotatable bonds is 1. The quantitative estimate of drug-likeness (QED) is 0.658. The molecule has 0 spiro atoms. The van der Waals surface area contributed by atoms with Crippen molar-refractivity contribution in [1.82, 2.24) is 20.4 Å². The fourth-order valence-corrected chi connectivity index (χ4v) is 1.10. The summed E-state index contributed by atoms with van der Waals surface area (Å²) in [6, 6.07) is 3.89. The maximum Gasteiger partial charge on any atom is 0.203 e. The van der Waals surface area contributed by atoms with Crippen LogP contribution >= 0.6 is 0 Å². The van der Waals surface area contributed by atoms with Gasteiger partial charge in [-0.2, -0.15) is 10.2 Å². The Kier molecular flexibility index (Phi) is 1.88. The SMILES string of the molecule is CC(C)c1cc2ccnnc2nn1. The lowest BCUT2D eigenvalue weighted by atomic mass is 10.1. The maximum absolute atomic E-state index is 4.05. The highest BCUT2D eigenvalue weighted by Crippen LogP contribution is 2.14. The van der Waals surface area contributed by atoms with Crippen LogP contribution in [0.15, 0.2) is 18.3 Å². The minimum atomic E-state index is 0.394. The minimum Gasteiger partial charge on any atom is -0.157 e. The third-order valence-electron chi connectivity index (χ3n) is 1.89. The molecule has 0 atom stereocenters. The topological polar surface area (TPSA) is 51.6 Å². The summed E-state index contributed by atoms with van der Waals surface area (Å²) in [5, 5.41) is 16.6. The molecule has 0 fully saturated rings. The van der Waals surface area contributed by atoms with Crippen LogP contribution in [-0.4, -0.2) is 20.4 Å². The van der Waals surface area contributed by atoms with E-state index in [4.69, 9.17) is 0 Å². The van der Waals surface area contributed by atoms with Gasteiger partial charge in [-0.25, -0.2) is 0 Å². The van der Waals surface area contributed by atoms with Crippen LogP contribution in [0.25, 0.3) is 11.0 Å². The number of aromatic nitrogens is 4. The minimum absolute atomic E-state index is 0.394. The summed E-state index contributed by atoms with van der Waals surface area (Å²) >= 11 is 0. The lowest BCUT2D eigenvalue weighted by Crippen LogP contribution is -1.97. The number of hydrogen-bond acceptors (Lipinski definition) is 4. The van der Waals surface area contributed by atoms with Gasteiger partial charge in [0.2, 0.25) is 5.65 Å². The Labute approximate surface area is 76.0 Å². The van der Waals surface area contributed by atoms with E-state index in [0.717, 1.165) is 11.1 Å². The van der Waals surface area contributed by atoms with Crippen LogP contribution in [0, 0.1) is 0 Å². The van der Waals surface area contributed by atoms with Crippen LogP contribution in [0.1, 0.15) is 25.5 Å². The molecule has 0 radical (unpaired) electrons. The fourth-order valence-electron chi connectivity index (χ4n) is 1.10. The lowest BCUT2D eigenvalue weighted by Gasteiger charge is -2.02. The van der Waals surface area contributed by atoms with Crippen LogP contribution in [0.3, 0.4) is 0 Å². The van der Waals surface area contributed by atoms with E-state index in [1.807, 2.05) is 12.1 Å². The monoisotopic (exact) mass is 174 g/mol. The van der Waals surface area contributed by atoms with Gasteiger partial charge in [-0.1, -0.05) is 13.8 Å². The number of nitrogens with zero attached hydrogens (tertiary/aromatic N) is 4. The predicted molar refractivity (Wildman–Crippen MR) is 49.2 cm³/mol. The van der Waals surface area contributed by atoms with E-state index >= 15 is 0 Å². The summed E-state index contributed by atoms with van der Waals surface area (Å²) in [4.78, 5) is 0. The Morgan fingerprint density at radius 1 is 1.15 bits per heavy atom. The zero-order valence-electron chi connectivity index (χ0n) is 7.60. The van der Waals surface area contributed by atoms with Crippen molar-refractivity contribution in [2.24, 2.45) is 0 Å². The van der Waals surface area contributed by atoms with Gasteiger partial charge in [-0.05, 0) is 18.1 Å². The van der Waals surface area contributed by atoms with Gasteiger partial charge >= 0.3 is 0 Å². The van der Waals surface area contributed by atoms with Crippen molar-refractivity contribution in [1.29, 1.82) is 0 Å². The van der Waals surface area contributed by atoms with Gasteiger partial charge < -0.3 is 0 Å². The molecular weight excluding hydrogens is 164 g/mol. The molecular formula is C9H10N4. The molecule has 0 aromatic carbocycles. The van der Waals surface area contributed by atoms with E-state index < -0.39 is 0 Å². The van der Waals surface area contributed by atoms with Gasteiger partial charge in [0.25, 0.3) is 0 Å². The molecule has 2 heterocycles. The van der Waals surface area contributed by atoms with E-state index in [-0.39, 0.29) is 0 Å². The zero-order valence-corrected chi connectivity index (χ0v) is 7.60. The molecule has 0 aliphatic rings. The van der Waals surface area contributed by atoms with Crippen molar-refractivity contribution in [3.05, 3.63) is 24.0 Å². The molecule has 2 aromatic heterocycles. The molecule has 13 heavy (non-hydrogen) atoms. The summed E-state index contributed by atoms with van der Waals surface area (Å²) in [6.07, 6.45) is 1.66. The van der Waals surface area contributed by atoms with Gasteiger partial charge in [-0.15, -0.1) is 10.2 Å². The molecule has 66 valence electrons. The first-order valence-corrected chi connectivity index (χ1v) is 4.22. The van der Waals surface area contributed by atoms with Crippen LogP contribution < -0.4 is 0 Å². The van der Waals surface area contributed by atoms with Crippen LogP contribution in [-0.2, 0) is 0 Å². The summed E-state index contributed by atoms with van der Waals surface area (Å²) < 4.78 is 0. The van der Waals surface area contributed by atoms with Gasteiger partial charge in [0, 0.05) is 5.39 Å². The van der Waals surface area contributed by atoms with Crippen molar-refractivity contribution >= 4 is 11.0 Å². The van der Waals surface area contributed by atoms with Crippen molar-refractivity contribution in [2.75, 3.05) is 0 Å². The van der Waals surface area contributed by atoms with Crippen LogP contribution in [0.2, 0.25) is 0 Å². The highest BCUT2D eigenvalue weighted by atomic mass is 15.2. The Morgan fingerprint density at radius 2 is 2.00 bits per heavy atom. The van der Waals surface area contributed by atoms with Crippen molar-refractivity contribution in [3.63, 3.8) is 0 Å². The lowest BCUT2D eigenvalue weighted by molar-refractivity contribution is 0.790. The van der Waals surface area contributed by atoms with E-state index in [1.165, 1.54) is 0 Å². The molecule has 0 bridgehead atoms. The van der Waals surface area contributed by atoms with Crippen molar-refractivity contribution in [2.45, 2.75) is 19.8 Å². The predicted octanol–water partition coefficient (Wildman–Crippen LogP) is 1.54. The summed E-state index contributed by atoms with van der Waals surface area (Å²) in [6.45, 7) is 4.18. The normalized spacial score (nSPS) is 11.0. The third kappa shape index (κ3) is 1.47. The van der Waals surface area contributed by atoms with E-state index in [0.29, 0.717) is 11.6 Å². The fraction of sp³-hybridized carbons (Fsp3) is 0.333. The Hall–Kier alpha value is -1.58. The first-order chi connectivity index (χ1) is 6.27. The second-order valence-corrected chi connectivity index (χ2v) is 3.23. The van der Waals surface area contributed by atoms with E-state index in [2.05, 4.69) is 34.2 Å². The van der Waals surface area contributed by atoms with E-state index in [1.54, 1.807) is 6.20 Å². The third-order valence-corrected chi connectivity index (χ3v) is 1.89. The Morgan fingerprint density at radius 3 is 2.77 bits per heavy atom. The van der Waals surface area contributed by atoms with Crippen molar-refractivity contribution < 1.29 is 0 Å². The second-order valence-electron chi connectivity index (χ2n) is 3.23. The first kappa shape index (κ1) is 8.04. The summed E-state index contributed by atoms with van der Waals surface area (Å²) in [5.41, 5.74) is 1.59. The number of hydrogen-bond donors (Lipinski definition) is 0. The highest BCUT2D eigenvalue weighted by molar-refractivity contribution is 5.73. The van der Waals surface area contributed by atoms with Crippen molar-refractivity contribution in [3.8, 4) is 0 Å². The first-order valence-electron chi connectivity index (χ1n) is 4.22. The number of fused-ring (bicyclic) bond motifs is 1. The summed E-state index contributed by atoms with van der Waals surface area (Å²) in [5.74, 6) is 0.394. The molecule has 4 heteroatoms. The molecule has 0 saturated carbocycles. The molecule has 0 N–H and O–H groups in total. The average Bonchev–Trinajstić information content (AvgIpc) is 2.17. The molecule has 2 rings (SSSR count). The zero-order chi connectivity index (χ0) is 9.26. The largest absolute Gasteiger partial charge is 0.203 e. The van der Waals surface area contributed by atoms with Crippen LogP contribution in [0.5, 0.6) is 0 Å². The molecule has 0 aliphatic carbocycles. The van der Waals surface area contributed by atoms with Gasteiger partial charge in [-0.3, -0.25) is 0 Å². The molecule has 0 amide bonds. The standard InChI is InChI=1S/C9H10N4/c1-6(2)8-5-7-3-4-10-12-9(7)13-11-8/h3-6H,1-2H3. The Bertz CT molecular complexity index is 425. The Balaban J connectivity index is 2.62. The van der Waals surface area contributed by atoms with Crippen LogP contribution in [0.4, 0.5) is 0 Å². The van der Waals surface area contributed by atoms with Gasteiger partial charge in [0.05, 0.1) is 11.9 Å². The van der Waals surface area contributed by atoms with E-state index in [9.17, 15) is 0 Å². The van der Waals surface area contributed by atoms with Gasteiger partial charge in [0.15, 0.2) is 0 Å². The smallest absolute Gasteiger partial charge is 0.157 e. The second kappa shape index (κ2) is 3.05. The summed E-state index contributed by atoms with van der Waals surface area (Å²) in [7, 11) is 0. The molecule has 0 saturated heterocycles. The maximum atomic E-state index is 4.05.